The van der Waals surface area contributed by atoms with Crippen LogP contribution in [0.3, 0.4) is 0 Å². The van der Waals surface area contributed by atoms with Crippen LogP contribution in [-0.4, -0.2) is 50.5 Å². The van der Waals surface area contributed by atoms with Gasteiger partial charge in [-0.05, 0) is 12.3 Å². The van der Waals surface area contributed by atoms with Gasteiger partial charge in [0, 0.05) is 34.7 Å². The molecular weight excluding hydrogens is 313 g/mol. The van der Waals surface area contributed by atoms with Crippen LogP contribution >= 0.6 is 24.0 Å². The Morgan fingerprint density at radius 3 is 1.88 bits per heavy atom. The molecule has 0 atom stereocenters. The first-order valence-electron chi connectivity index (χ1n) is 5.84. The highest BCUT2D eigenvalue weighted by Crippen LogP contribution is 2.06. The molecule has 0 aliphatic rings. The average Bonchev–Trinajstić information content (AvgIpc) is 2.08. The van der Waals surface area contributed by atoms with Crippen molar-refractivity contribution in [3.63, 3.8) is 0 Å². The number of halogens is 1. The molecule has 0 unspecified atom stereocenters. The Kier molecular flexibility index (Phi) is 11.7. The number of aliphatic imine (C=N–C) groups is 1. The van der Waals surface area contributed by atoms with Gasteiger partial charge in [-0.3, -0.25) is 4.99 Å². The van der Waals surface area contributed by atoms with E-state index in [0.717, 1.165) is 18.4 Å². The molecule has 16 heavy (non-hydrogen) atoms. The fourth-order valence-electron chi connectivity index (χ4n) is 1.53. The van der Waals surface area contributed by atoms with Gasteiger partial charge in [0.05, 0.1) is 0 Å². The van der Waals surface area contributed by atoms with Crippen LogP contribution in [-0.2, 0) is 0 Å². The standard InChI is InChI=1S/C12H27N3.HI/c1-11(2)9-7-8-10-13-12(14(3)4)15(5)6;/h11H,7-10H2,1-6H3;1H. The smallest absolute Gasteiger partial charge is 0.195 e. The first kappa shape index (κ1) is 18.4. The van der Waals surface area contributed by atoms with Gasteiger partial charge in [0.15, 0.2) is 5.96 Å². The molecular formula is C12H28IN3. The largest absolute Gasteiger partial charge is 0.349 e. The lowest BCUT2D eigenvalue weighted by Gasteiger charge is -2.22. The lowest BCUT2D eigenvalue weighted by molar-refractivity contribution is 0.476. The third-order valence-corrected chi connectivity index (χ3v) is 2.24. The summed E-state index contributed by atoms with van der Waals surface area (Å²) in [6, 6.07) is 0. The Balaban J connectivity index is 0. The molecule has 0 bridgehead atoms. The summed E-state index contributed by atoms with van der Waals surface area (Å²) in [5.41, 5.74) is 0. The van der Waals surface area contributed by atoms with Gasteiger partial charge < -0.3 is 9.80 Å². The molecule has 0 heterocycles. The molecule has 0 amide bonds. The SMILES string of the molecule is CC(C)CCCCN=C(N(C)C)N(C)C.I. The molecule has 0 fully saturated rings. The summed E-state index contributed by atoms with van der Waals surface area (Å²) in [5.74, 6) is 1.87. The second-order valence-corrected chi connectivity index (χ2v) is 4.86. The van der Waals surface area contributed by atoms with E-state index < -0.39 is 0 Å². The third kappa shape index (κ3) is 9.24. The van der Waals surface area contributed by atoms with Gasteiger partial charge >= 0.3 is 0 Å². The van der Waals surface area contributed by atoms with Crippen LogP contribution in [0.4, 0.5) is 0 Å². The number of hydrogen-bond acceptors (Lipinski definition) is 1. The monoisotopic (exact) mass is 341 g/mol. The van der Waals surface area contributed by atoms with Crippen molar-refractivity contribution in [1.29, 1.82) is 0 Å². The molecule has 0 aromatic rings. The zero-order chi connectivity index (χ0) is 11.8. The van der Waals surface area contributed by atoms with Crippen molar-refractivity contribution in [3.8, 4) is 0 Å². The van der Waals surface area contributed by atoms with Crippen LogP contribution < -0.4 is 0 Å². The van der Waals surface area contributed by atoms with Crippen LogP contribution in [0.25, 0.3) is 0 Å². The number of nitrogens with zero attached hydrogens (tertiary/aromatic N) is 3. The van der Waals surface area contributed by atoms with E-state index in [-0.39, 0.29) is 24.0 Å². The third-order valence-electron chi connectivity index (χ3n) is 2.24. The predicted octanol–water partition coefficient (Wildman–Crippen LogP) is 2.91. The Hall–Kier alpha value is 0. The van der Waals surface area contributed by atoms with Crippen molar-refractivity contribution >= 4 is 29.9 Å². The second-order valence-electron chi connectivity index (χ2n) is 4.86. The Morgan fingerprint density at radius 2 is 1.50 bits per heavy atom. The van der Waals surface area contributed by atoms with E-state index in [4.69, 9.17) is 0 Å². The number of rotatable bonds is 5. The van der Waals surface area contributed by atoms with E-state index in [2.05, 4.69) is 28.6 Å². The highest BCUT2D eigenvalue weighted by atomic mass is 127. The molecule has 0 aromatic carbocycles. The minimum Gasteiger partial charge on any atom is -0.349 e. The molecule has 0 spiro atoms. The summed E-state index contributed by atoms with van der Waals surface area (Å²) < 4.78 is 0. The molecule has 3 nitrogen and oxygen atoms in total. The molecule has 0 aliphatic heterocycles. The maximum absolute atomic E-state index is 4.59. The average molecular weight is 341 g/mol. The Bertz CT molecular complexity index is 179. The molecule has 4 heteroatoms. The highest BCUT2D eigenvalue weighted by molar-refractivity contribution is 14.0. The minimum absolute atomic E-state index is 0. The quantitative estimate of drug-likeness (QED) is 0.331. The van der Waals surface area contributed by atoms with Crippen LogP contribution in [0.15, 0.2) is 4.99 Å². The van der Waals surface area contributed by atoms with E-state index in [9.17, 15) is 0 Å². The maximum atomic E-state index is 4.59. The van der Waals surface area contributed by atoms with Crippen molar-refractivity contribution in [2.75, 3.05) is 34.7 Å². The lowest BCUT2D eigenvalue weighted by atomic mass is 10.1. The van der Waals surface area contributed by atoms with Gasteiger partial charge in [0.25, 0.3) is 0 Å². The first-order valence-corrected chi connectivity index (χ1v) is 5.84. The van der Waals surface area contributed by atoms with Crippen LogP contribution in [0, 0.1) is 5.92 Å². The summed E-state index contributed by atoms with van der Waals surface area (Å²) >= 11 is 0. The summed E-state index contributed by atoms with van der Waals surface area (Å²) in [5, 5.41) is 0. The van der Waals surface area contributed by atoms with Crippen molar-refractivity contribution in [3.05, 3.63) is 0 Å². The Morgan fingerprint density at radius 1 is 1.00 bits per heavy atom. The van der Waals surface area contributed by atoms with Crippen molar-refractivity contribution in [2.45, 2.75) is 33.1 Å². The summed E-state index contributed by atoms with van der Waals surface area (Å²) in [7, 11) is 8.14. The lowest BCUT2D eigenvalue weighted by Crippen LogP contribution is -2.35. The van der Waals surface area contributed by atoms with E-state index in [1.807, 2.05) is 28.2 Å². The second kappa shape index (κ2) is 10.2. The molecule has 0 radical (unpaired) electrons. The van der Waals surface area contributed by atoms with Gasteiger partial charge in [-0.25, -0.2) is 0 Å². The van der Waals surface area contributed by atoms with Gasteiger partial charge in [0.2, 0.25) is 0 Å². The van der Waals surface area contributed by atoms with Gasteiger partial charge in [-0.2, -0.15) is 0 Å². The molecule has 0 aliphatic carbocycles. The first-order chi connectivity index (χ1) is 6.95. The number of hydrogen-bond donors (Lipinski definition) is 0. The van der Waals surface area contributed by atoms with E-state index in [1.54, 1.807) is 0 Å². The van der Waals surface area contributed by atoms with E-state index in [0.29, 0.717) is 0 Å². The molecule has 0 rings (SSSR count). The maximum Gasteiger partial charge on any atom is 0.195 e. The van der Waals surface area contributed by atoms with Crippen LogP contribution in [0.5, 0.6) is 0 Å². The van der Waals surface area contributed by atoms with Crippen LogP contribution in [0.2, 0.25) is 0 Å². The zero-order valence-electron chi connectivity index (χ0n) is 11.7. The highest BCUT2D eigenvalue weighted by Gasteiger charge is 2.02. The van der Waals surface area contributed by atoms with Crippen molar-refractivity contribution in [1.82, 2.24) is 9.80 Å². The number of unbranched alkanes of at least 4 members (excludes halogenated alkanes) is 1. The zero-order valence-corrected chi connectivity index (χ0v) is 14.0. The molecule has 0 aromatic heterocycles. The van der Waals surface area contributed by atoms with Crippen molar-refractivity contribution in [2.24, 2.45) is 10.9 Å². The molecule has 98 valence electrons. The topological polar surface area (TPSA) is 18.8 Å². The Labute approximate surface area is 118 Å². The minimum atomic E-state index is 0. The summed E-state index contributed by atoms with van der Waals surface area (Å²) in [6.45, 7) is 5.49. The van der Waals surface area contributed by atoms with Crippen LogP contribution in [0.1, 0.15) is 33.1 Å². The van der Waals surface area contributed by atoms with Gasteiger partial charge in [-0.1, -0.05) is 26.7 Å². The summed E-state index contributed by atoms with van der Waals surface area (Å²) in [4.78, 5) is 8.70. The number of guanidine groups is 1. The van der Waals surface area contributed by atoms with E-state index >= 15 is 0 Å². The molecule has 0 saturated carbocycles. The predicted molar refractivity (Wildman–Crippen MR) is 83.8 cm³/mol. The fraction of sp³-hybridized carbons (Fsp3) is 0.917. The molecule has 0 N–H and O–H groups in total. The normalized spacial score (nSPS) is 9.69. The van der Waals surface area contributed by atoms with E-state index in [1.165, 1.54) is 19.3 Å². The summed E-state index contributed by atoms with van der Waals surface area (Å²) in [6.07, 6.45) is 3.80. The molecule has 0 saturated heterocycles. The van der Waals surface area contributed by atoms with Crippen molar-refractivity contribution < 1.29 is 0 Å². The van der Waals surface area contributed by atoms with Gasteiger partial charge in [0.1, 0.15) is 0 Å². The van der Waals surface area contributed by atoms with Gasteiger partial charge in [-0.15, -0.1) is 24.0 Å². The fourth-order valence-corrected chi connectivity index (χ4v) is 1.53.